The van der Waals surface area contributed by atoms with Crippen LogP contribution < -0.4 is 10.6 Å². The fourth-order valence-corrected chi connectivity index (χ4v) is 3.28. The second-order valence-electron chi connectivity index (χ2n) is 7.26. The summed E-state index contributed by atoms with van der Waals surface area (Å²) in [6, 6.07) is 8.23. The molecule has 1 aliphatic rings. The molecule has 1 atom stereocenters. The summed E-state index contributed by atoms with van der Waals surface area (Å²) in [6.07, 6.45) is 5.34. The number of carbonyl (C=O) groups excluding carboxylic acids is 1. The van der Waals surface area contributed by atoms with Crippen molar-refractivity contribution in [2.45, 2.75) is 71.2 Å². The van der Waals surface area contributed by atoms with Crippen molar-refractivity contribution in [3.05, 3.63) is 35.4 Å². The molecule has 0 spiro atoms. The van der Waals surface area contributed by atoms with Gasteiger partial charge in [0.15, 0.2) is 0 Å². The fourth-order valence-electron chi connectivity index (χ4n) is 3.28. The summed E-state index contributed by atoms with van der Waals surface area (Å²) in [6.45, 7) is 5.83. The highest BCUT2D eigenvalue weighted by molar-refractivity contribution is 5.76. The molecular formula is C20H32N2O2. The molecule has 1 fully saturated rings. The number of hydrogen-bond acceptors (Lipinski definition) is 4. The van der Waals surface area contributed by atoms with Crippen molar-refractivity contribution in [1.29, 1.82) is 0 Å². The molecule has 1 saturated carbocycles. The van der Waals surface area contributed by atoms with Crippen molar-refractivity contribution in [1.82, 2.24) is 10.6 Å². The van der Waals surface area contributed by atoms with Crippen molar-refractivity contribution in [3.63, 3.8) is 0 Å². The van der Waals surface area contributed by atoms with E-state index in [-0.39, 0.29) is 18.1 Å². The van der Waals surface area contributed by atoms with E-state index in [9.17, 15) is 4.79 Å². The lowest BCUT2D eigenvalue weighted by molar-refractivity contribution is -0.151. The number of ether oxygens (including phenoxy) is 1. The van der Waals surface area contributed by atoms with Gasteiger partial charge < -0.3 is 15.4 Å². The Hall–Kier alpha value is -1.39. The predicted octanol–water partition coefficient (Wildman–Crippen LogP) is 3.40. The second kappa shape index (κ2) is 9.80. The predicted molar refractivity (Wildman–Crippen MR) is 97.6 cm³/mol. The maximum Gasteiger partial charge on any atom is 0.323 e. The Morgan fingerprint density at radius 1 is 1.21 bits per heavy atom. The van der Waals surface area contributed by atoms with Gasteiger partial charge in [0, 0.05) is 13.1 Å². The lowest BCUT2D eigenvalue weighted by Gasteiger charge is -2.22. The van der Waals surface area contributed by atoms with E-state index in [4.69, 9.17) is 4.74 Å². The minimum Gasteiger partial charge on any atom is -0.461 e. The summed E-state index contributed by atoms with van der Waals surface area (Å²) in [5, 5.41) is 6.58. The molecule has 0 aliphatic heterocycles. The topological polar surface area (TPSA) is 50.4 Å². The summed E-state index contributed by atoms with van der Waals surface area (Å²) in [5.41, 5.74) is 2.45. The van der Waals surface area contributed by atoms with Gasteiger partial charge in [0.05, 0.1) is 0 Å². The van der Waals surface area contributed by atoms with E-state index < -0.39 is 0 Å². The number of esters is 1. The molecule has 0 saturated heterocycles. The van der Waals surface area contributed by atoms with Crippen LogP contribution in [0.3, 0.4) is 0 Å². The largest absolute Gasteiger partial charge is 0.461 e. The molecule has 0 bridgehead atoms. The van der Waals surface area contributed by atoms with Crippen LogP contribution in [0.1, 0.15) is 57.1 Å². The Balaban J connectivity index is 1.92. The highest BCUT2D eigenvalue weighted by Gasteiger charge is 2.25. The van der Waals surface area contributed by atoms with Crippen LogP contribution in [0.5, 0.6) is 0 Å². The third kappa shape index (κ3) is 6.25. The SMILES string of the molecule is CNCc1cccc(CN[C@H](CC(C)C)C(=O)OC2CCCC2)c1. The quantitative estimate of drug-likeness (QED) is 0.681. The van der Waals surface area contributed by atoms with Crippen LogP contribution in [0.2, 0.25) is 0 Å². The molecule has 0 unspecified atom stereocenters. The molecule has 4 heteroatoms. The van der Waals surface area contributed by atoms with Gasteiger partial charge in [-0.2, -0.15) is 0 Å². The highest BCUT2D eigenvalue weighted by atomic mass is 16.5. The summed E-state index contributed by atoms with van der Waals surface area (Å²) >= 11 is 0. The Bertz CT molecular complexity index is 510. The average molecular weight is 332 g/mol. The number of nitrogens with one attached hydrogen (secondary N) is 2. The average Bonchev–Trinajstić information content (AvgIpc) is 3.04. The standard InChI is InChI=1S/C20H32N2O2/c1-15(2)11-19(20(23)24-18-9-4-5-10-18)22-14-17-8-6-7-16(12-17)13-21-3/h6-8,12,15,18-19,21-22H,4-5,9-11,13-14H2,1-3H3/t19-/m1/s1. The first kappa shape index (κ1) is 18.9. The van der Waals surface area contributed by atoms with Crippen LogP contribution in [-0.2, 0) is 22.6 Å². The van der Waals surface area contributed by atoms with E-state index in [0.717, 1.165) is 25.8 Å². The zero-order valence-corrected chi connectivity index (χ0v) is 15.3. The van der Waals surface area contributed by atoms with Crippen LogP contribution in [0, 0.1) is 5.92 Å². The van der Waals surface area contributed by atoms with Gasteiger partial charge in [-0.3, -0.25) is 4.79 Å². The van der Waals surface area contributed by atoms with Gasteiger partial charge in [0.25, 0.3) is 0 Å². The Labute approximate surface area is 146 Å². The summed E-state index contributed by atoms with van der Waals surface area (Å²) in [5.74, 6) is 0.372. The van der Waals surface area contributed by atoms with Crippen LogP contribution in [0.15, 0.2) is 24.3 Å². The normalized spacial score (nSPS) is 16.5. The highest BCUT2D eigenvalue weighted by Crippen LogP contribution is 2.22. The second-order valence-corrected chi connectivity index (χ2v) is 7.26. The summed E-state index contributed by atoms with van der Waals surface area (Å²) in [7, 11) is 1.95. The summed E-state index contributed by atoms with van der Waals surface area (Å²) in [4.78, 5) is 12.5. The van der Waals surface area contributed by atoms with Gasteiger partial charge in [-0.1, -0.05) is 38.1 Å². The van der Waals surface area contributed by atoms with E-state index in [1.54, 1.807) is 0 Å². The van der Waals surface area contributed by atoms with Crippen molar-refractivity contribution in [2.75, 3.05) is 7.05 Å². The molecule has 134 valence electrons. The first-order valence-electron chi connectivity index (χ1n) is 9.24. The molecule has 2 N–H and O–H groups in total. The van der Waals surface area contributed by atoms with Crippen LogP contribution >= 0.6 is 0 Å². The lowest BCUT2D eigenvalue weighted by Crippen LogP contribution is -2.40. The smallest absolute Gasteiger partial charge is 0.323 e. The first-order valence-corrected chi connectivity index (χ1v) is 9.24. The molecule has 4 nitrogen and oxygen atoms in total. The van der Waals surface area contributed by atoms with Gasteiger partial charge in [0.2, 0.25) is 0 Å². The molecular weight excluding hydrogens is 300 g/mol. The molecule has 1 aromatic carbocycles. The first-order chi connectivity index (χ1) is 11.6. The fraction of sp³-hybridized carbons (Fsp3) is 0.650. The number of hydrogen-bond donors (Lipinski definition) is 2. The maximum atomic E-state index is 12.5. The number of rotatable bonds is 9. The Morgan fingerprint density at radius 3 is 2.50 bits per heavy atom. The van der Waals surface area contributed by atoms with Crippen LogP contribution in [-0.4, -0.2) is 25.2 Å². The molecule has 0 heterocycles. The third-order valence-electron chi connectivity index (χ3n) is 4.50. The monoisotopic (exact) mass is 332 g/mol. The van der Waals surface area contributed by atoms with Gasteiger partial charge in [-0.25, -0.2) is 0 Å². The Kier molecular flexibility index (Phi) is 7.73. The van der Waals surface area contributed by atoms with Crippen molar-refractivity contribution in [2.24, 2.45) is 5.92 Å². The number of carbonyl (C=O) groups is 1. The minimum atomic E-state index is -0.224. The lowest BCUT2D eigenvalue weighted by atomic mass is 10.0. The molecule has 0 amide bonds. The van der Waals surface area contributed by atoms with Gasteiger partial charge in [-0.05, 0) is 56.2 Å². The van der Waals surface area contributed by atoms with Gasteiger partial charge in [0.1, 0.15) is 12.1 Å². The van der Waals surface area contributed by atoms with Crippen molar-refractivity contribution >= 4 is 5.97 Å². The maximum absolute atomic E-state index is 12.5. The van der Waals surface area contributed by atoms with Crippen LogP contribution in [0.4, 0.5) is 0 Å². The third-order valence-corrected chi connectivity index (χ3v) is 4.50. The molecule has 1 aliphatic carbocycles. The zero-order valence-electron chi connectivity index (χ0n) is 15.3. The molecule has 24 heavy (non-hydrogen) atoms. The molecule has 0 aromatic heterocycles. The van der Waals surface area contributed by atoms with Gasteiger partial charge in [-0.15, -0.1) is 0 Å². The van der Waals surface area contributed by atoms with Gasteiger partial charge >= 0.3 is 5.97 Å². The van der Waals surface area contributed by atoms with Crippen molar-refractivity contribution in [3.8, 4) is 0 Å². The molecule has 2 rings (SSSR count). The number of benzene rings is 1. The van der Waals surface area contributed by atoms with E-state index in [0.29, 0.717) is 12.5 Å². The molecule has 1 aromatic rings. The van der Waals surface area contributed by atoms with E-state index in [1.165, 1.54) is 24.0 Å². The zero-order chi connectivity index (χ0) is 17.4. The van der Waals surface area contributed by atoms with Crippen molar-refractivity contribution < 1.29 is 9.53 Å². The van der Waals surface area contributed by atoms with E-state index in [2.05, 4.69) is 48.7 Å². The van der Waals surface area contributed by atoms with E-state index >= 15 is 0 Å². The summed E-state index contributed by atoms with van der Waals surface area (Å²) < 4.78 is 5.71. The minimum absolute atomic E-state index is 0.0815. The van der Waals surface area contributed by atoms with Crippen LogP contribution in [0.25, 0.3) is 0 Å². The Morgan fingerprint density at radius 2 is 1.88 bits per heavy atom. The molecule has 0 radical (unpaired) electrons. The van der Waals surface area contributed by atoms with E-state index in [1.807, 2.05) is 7.05 Å².